The van der Waals surface area contributed by atoms with Crippen LogP contribution in [0.1, 0.15) is 34.3 Å². The van der Waals surface area contributed by atoms with Crippen molar-refractivity contribution in [3.05, 3.63) is 34.9 Å². The summed E-state index contributed by atoms with van der Waals surface area (Å²) >= 11 is 0. The van der Waals surface area contributed by atoms with E-state index in [4.69, 9.17) is 0 Å². The number of hydrogen-bond acceptors (Lipinski definition) is 1. The molecular weight excluding hydrogens is 186 g/mol. The molecule has 1 spiro atoms. The first-order valence-corrected chi connectivity index (χ1v) is 5.56. The zero-order valence-electron chi connectivity index (χ0n) is 8.97. The Morgan fingerprint density at radius 2 is 2.13 bits per heavy atom. The zero-order valence-corrected chi connectivity index (χ0v) is 8.97. The molecule has 78 valence electrons. The van der Waals surface area contributed by atoms with Gasteiger partial charge in [-0.1, -0.05) is 17.7 Å². The molecule has 0 aromatic heterocycles. The van der Waals surface area contributed by atoms with Gasteiger partial charge in [0.25, 0.3) is 5.91 Å². The van der Waals surface area contributed by atoms with Crippen LogP contribution in [0.25, 0.3) is 0 Å². The minimum Gasteiger partial charge on any atom is -0.351 e. The molecule has 1 aromatic rings. The van der Waals surface area contributed by atoms with E-state index in [1.54, 1.807) is 0 Å². The van der Waals surface area contributed by atoms with E-state index >= 15 is 0 Å². The highest BCUT2D eigenvalue weighted by Crippen LogP contribution is 2.49. The Morgan fingerprint density at radius 3 is 2.87 bits per heavy atom. The predicted octanol–water partition coefficient (Wildman–Crippen LogP) is 2.06. The molecule has 15 heavy (non-hydrogen) atoms. The number of amides is 1. The molecule has 1 heterocycles. The van der Waals surface area contributed by atoms with Gasteiger partial charge in [0.1, 0.15) is 0 Å². The molecule has 1 amide bonds. The second kappa shape index (κ2) is 2.84. The highest BCUT2D eigenvalue weighted by Gasteiger charge is 2.44. The van der Waals surface area contributed by atoms with Gasteiger partial charge in [-0.3, -0.25) is 4.79 Å². The fourth-order valence-corrected chi connectivity index (χ4v) is 2.45. The van der Waals surface area contributed by atoms with E-state index in [1.165, 1.54) is 24.0 Å². The van der Waals surface area contributed by atoms with Crippen molar-refractivity contribution in [1.82, 2.24) is 5.32 Å². The normalized spacial score (nSPS) is 21.8. The molecular formula is C13H15NO. The van der Waals surface area contributed by atoms with Crippen molar-refractivity contribution in [3.63, 3.8) is 0 Å². The van der Waals surface area contributed by atoms with E-state index < -0.39 is 0 Å². The van der Waals surface area contributed by atoms with E-state index in [2.05, 4.69) is 18.3 Å². The molecule has 2 aliphatic rings. The predicted molar refractivity (Wildman–Crippen MR) is 58.9 cm³/mol. The lowest BCUT2D eigenvalue weighted by molar-refractivity contribution is 0.0950. The minimum atomic E-state index is 0.105. The summed E-state index contributed by atoms with van der Waals surface area (Å²) in [5, 5.41) is 3.03. The lowest BCUT2D eigenvalue weighted by Crippen LogP contribution is -2.27. The highest BCUT2D eigenvalue weighted by atomic mass is 16.1. The Bertz CT molecular complexity index is 432. The molecule has 2 nitrogen and oxygen atoms in total. The molecule has 1 aliphatic carbocycles. The van der Waals surface area contributed by atoms with Crippen LogP contribution in [0.15, 0.2) is 18.2 Å². The molecule has 0 atom stereocenters. The summed E-state index contributed by atoms with van der Waals surface area (Å²) in [4.78, 5) is 11.8. The third-order valence-corrected chi connectivity index (χ3v) is 3.65. The van der Waals surface area contributed by atoms with Gasteiger partial charge in [-0.05, 0) is 43.2 Å². The van der Waals surface area contributed by atoms with Crippen molar-refractivity contribution >= 4 is 5.91 Å². The molecule has 3 rings (SSSR count). The van der Waals surface area contributed by atoms with E-state index in [1.807, 2.05) is 12.1 Å². The summed E-state index contributed by atoms with van der Waals surface area (Å²) in [7, 11) is 0. The van der Waals surface area contributed by atoms with Gasteiger partial charge in [0.15, 0.2) is 0 Å². The van der Waals surface area contributed by atoms with Crippen molar-refractivity contribution in [1.29, 1.82) is 0 Å². The van der Waals surface area contributed by atoms with Gasteiger partial charge in [0.2, 0.25) is 0 Å². The average Bonchev–Trinajstić information content (AvgIpc) is 2.96. The van der Waals surface area contributed by atoms with E-state index in [0.717, 1.165) is 18.5 Å². The Balaban J connectivity index is 2.08. The number of nitrogens with one attached hydrogen (secondary N) is 1. The van der Waals surface area contributed by atoms with Gasteiger partial charge < -0.3 is 5.32 Å². The highest BCUT2D eigenvalue weighted by molar-refractivity contribution is 5.96. The standard InChI is InChI=1S/C13H15NO/c1-9-2-3-11-10(6-9)7-13(4-5-13)8-14-12(11)15/h2-3,6H,4-5,7-8H2,1H3,(H,14,15). The summed E-state index contributed by atoms with van der Waals surface area (Å²) in [5.41, 5.74) is 3.76. The first-order chi connectivity index (χ1) is 7.19. The number of benzene rings is 1. The second-order valence-electron chi connectivity index (χ2n) is 5.02. The first kappa shape index (κ1) is 8.96. The van der Waals surface area contributed by atoms with Gasteiger partial charge in [0.05, 0.1) is 0 Å². The van der Waals surface area contributed by atoms with Crippen LogP contribution in [-0.2, 0) is 6.42 Å². The van der Waals surface area contributed by atoms with E-state index in [0.29, 0.717) is 5.41 Å². The van der Waals surface area contributed by atoms with Gasteiger partial charge >= 0.3 is 0 Å². The van der Waals surface area contributed by atoms with Crippen LogP contribution in [0, 0.1) is 12.3 Å². The topological polar surface area (TPSA) is 29.1 Å². The van der Waals surface area contributed by atoms with Gasteiger partial charge in [-0.15, -0.1) is 0 Å². The lowest BCUT2D eigenvalue weighted by atomic mass is 9.94. The molecule has 1 N–H and O–H groups in total. The Labute approximate surface area is 89.7 Å². The third kappa shape index (κ3) is 1.44. The Hall–Kier alpha value is -1.31. The minimum absolute atomic E-state index is 0.105. The van der Waals surface area contributed by atoms with Gasteiger partial charge in [-0.25, -0.2) is 0 Å². The molecule has 1 fully saturated rings. The largest absolute Gasteiger partial charge is 0.351 e. The molecule has 2 heteroatoms. The van der Waals surface area contributed by atoms with Crippen molar-refractivity contribution < 1.29 is 4.79 Å². The van der Waals surface area contributed by atoms with Crippen molar-refractivity contribution in [3.8, 4) is 0 Å². The molecule has 1 aromatic carbocycles. The zero-order chi connectivity index (χ0) is 10.5. The van der Waals surface area contributed by atoms with Crippen LogP contribution < -0.4 is 5.32 Å². The van der Waals surface area contributed by atoms with Crippen LogP contribution >= 0.6 is 0 Å². The monoisotopic (exact) mass is 201 g/mol. The fraction of sp³-hybridized carbons (Fsp3) is 0.462. The number of rotatable bonds is 0. The maximum absolute atomic E-state index is 11.8. The maximum Gasteiger partial charge on any atom is 0.251 e. The van der Waals surface area contributed by atoms with Crippen LogP contribution in [0.2, 0.25) is 0 Å². The van der Waals surface area contributed by atoms with Crippen molar-refractivity contribution in [2.45, 2.75) is 26.2 Å². The van der Waals surface area contributed by atoms with Crippen LogP contribution in [0.3, 0.4) is 0 Å². The summed E-state index contributed by atoms with van der Waals surface area (Å²) in [6.45, 7) is 2.95. The average molecular weight is 201 g/mol. The van der Waals surface area contributed by atoms with Crippen LogP contribution in [0.4, 0.5) is 0 Å². The summed E-state index contributed by atoms with van der Waals surface area (Å²) in [6.07, 6.45) is 3.60. The molecule has 1 aliphatic heterocycles. The van der Waals surface area contributed by atoms with Gasteiger partial charge in [-0.2, -0.15) is 0 Å². The number of carbonyl (C=O) groups excluding carboxylic acids is 1. The summed E-state index contributed by atoms with van der Waals surface area (Å²) < 4.78 is 0. The smallest absolute Gasteiger partial charge is 0.251 e. The van der Waals surface area contributed by atoms with Gasteiger partial charge in [0, 0.05) is 12.1 Å². The van der Waals surface area contributed by atoms with E-state index in [9.17, 15) is 4.79 Å². The first-order valence-electron chi connectivity index (χ1n) is 5.56. The van der Waals surface area contributed by atoms with E-state index in [-0.39, 0.29) is 5.91 Å². The number of hydrogen-bond donors (Lipinski definition) is 1. The summed E-state index contributed by atoms with van der Waals surface area (Å²) in [6, 6.07) is 6.14. The third-order valence-electron chi connectivity index (χ3n) is 3.65. The Morgan fingerprint density at radius 1 is 1.33 bits per heavy atom. The number of carbonyl (C=O) groups is 1. The maximum atomic E-state index is 11.8. The molecule has 0 bridgehead atoms. The van der Waals surface area contributed by atoms with Crippen molar-refractivity contribution in [2.24, 2.45) is 5.41 Å². The molecule has 0 saturated heterocycles. The Kier molecular flexibility index (Phi) is 1.70. The lowest BCUT2D eigenvalue weighted by Gasteiger charge is -2.11. The van der Waals surface area contributed by atoms with Crippen molar-refractivity contribution in [2.75, 3.05) is 6.54 Å². The summed E-state index contributed by atoms with van der Waals surface area (Å²) in [5.74, 6) is 0.105. The molecule has 0 unspecified atom stereocenters. The second-order valence-corrected chi connectivity index (χ2v) is 5.02. The quantitative estimate of drug-likeness (QED) is 0.684. The molecule has 1 saturated carbocycles. The SMILES string of the molecule is Cc1ccc2c(c1)CC1(CC1)CNC2=O. The molecule has 0 radical (unpaired) electrons. The number of fused-ring (bicyclic) bond motifs is 1. The van der Waals surface area contributed by atoms with Crippen LogP contribution in [-0.4, -0.2) is 12.5 Å². The number of aryl methyl sites for hydroxylation is 1. The van der Waals surface area contributed by atoms with Crippen LogP contribution in [0.5, 0.6) is 0 Å². The fourth-order valence-electron chi connectivity index (χ4n) is 2.45.